The molecule has 140 valence electrons. The van der Waals surface area contributed by atoms with Gasteiger partial charge < -0.3 is 15.1 Å². The molecule has 0 aromatic carbocycles. The fraction of sp³-hybridized carbons (Fsp3) is 0.526. The third-order valence-electron chi connectivity index (χ3n) is 4.62. The average Bonchev–Trinajstić information content (AvgIpc) is 3.03. The van der Waals surface area contributed by atoms with Crippen LogP contribution < -0.4 is 10.2 Å². The zero-order valence-electron chi connectivity index (χ0n) is 16.0. The number of piperazine rings is 1. The van der Waals surface area contributed by atoms with Crippen molar-refractivity contribution < 1.29 is 4.79 Å². The molecular weight excluding hydrogens is 346 g/mol. The number of hydrogen-bond acceptors (Lipinski definition) is 6. The normalized spacial score (nSPS) is 15.5. The molecule has 1 N–H and O–H groups in total. The molecule has 1 aliphatic rings. The van der Waals surface area contributed by atoms with Crippen LogP contribution in [-0.2, 0) is 6.54 Å². The van der Waals surface area contributed by atoms with Gasteiger partial charge in [0, 0.05) is 50.4 Å². The Bertz CT molecular complexity index is 765. The van der Waals surface area contributed by atoms with Crippen LogP contribution in [0, 0.1) is 6.92 Å². The predicted octanol–water partition coefficient (Wildman–Crippen LogP) is 2.65. The van der Waals surface area contributed by atoms with Gasteiger partial charge in [0.15, 0.2) is 0 Å². The highest BCUT2D eigenvalue weighted by atomic mass is 32.1. The smallest absolute Gasteiger partial charge is 0.263 e. The molecule has 7 heteroatoms. The first-order valence-corrected chi connectivity index (χ1v) is 9.90. The predicted molar refractivity (Wildman–Crippen MR) is 106 cm³/mol. The SMILES string of the molecule is Cc1nc(C(C)C)sc1C(=O)NCc1cccnc1N1CCN(C)CC1. The van der Waals surface area contributed by atoms with Gasteiger partial charge in [-0.15, -0.1) is 11.3 Å². The van der Waals surface area contributed by atoms with E-state index in [4.69, 9.17) is 0 Å². The fourth-order valence-electron chi connectivity index (χ4n) is 3.00. The molecule has 1 amide bonds. The molecule has 1 fully saturated rings. The lowest BCUT2D eigenvalue weighted by atomic mass is 10.2. The lowest BCUT2D eigenvalue weighted by Gasteiger charge is -2.34. The molecule has 0 radical (unpaired) electrons. The molecule has 1 saturated heterocycles. The zero-order chi connectivity index (χ0) is 18.7. The summed E-state index contributed by atoms with van der Waals surface area (Å²) in [7, 11) is 2.14. The van der Waals surface area contributed by atoms with Crippen molar-refractivity contribution in [3.05, 3.63) is 39.5 Å². The van der Waals surface area contributed by atoms with Gasteiger partial charge in [-0.05, 0) is 20.0 Å². The number of nitrogens with zero attached hydrogens (tertiary/aromatic N) is 4. The standard InChI is InChI=1S/C19H27N5OS/c1-13(2)19-22-14(3)16(26-19)18(25)21-12-15-6-5-7-20-17(15)24-10-8-23(4)9-11-24/h5-7,13H,8-12H2,1-4H3,(H,21,25). The third kappa shape index (κ3) is 4.22. The molecule has 0 bridgehead atoms. The van der Waals surface area contributed by atoms with E-state index in [2.05, 4.69) is 46.0 Å². The van der Waals surface area contributed by atoms with Crippen LogP contribution in [0.25, 0.3) is 0 Å². The maximum atomic E-state index is 12.6. The Labute approximate surface area is 159 Å². The molecular formula is C19H27N5OS. The van der Waals surface area contributed by atoms with E-state index in [-0.39, 0.29) is 5.91 Å². The zero-order valence-corrected chi connectivity index (χ0v) is 16.8. The molecule has 26 heavy (non-hydrogen) atoms. The lowest BCUT2D eigenvalue weighted by molar-refractivity contribution is 0.0954. The van der Waals surface area contributed by atoms with Crippen LogP contribution in [-0.4, -0.2) is 54.0 Å². The minimum Gasteiger partial charge on any atom is -0.354 e. The highest BCUT2D eigenvalue weighted by Gasteiger charge is 2.20. The maximum Gasteiger partial charge on any atom is 0.263 e. The highest BCUT2D eigenvalue weighted by molar-refractivity contribution is 7.13. The number of likely N-dealkylation sites (N-methyl/N-ethyl adjacent to an activating group) is 1. The quantitative estimate of drug-likeness (QED) is 0.873. The van der Waals surface area contributed by atoms with Crippen LogP contribution in [0.3, 0.4) is 0 Å². The Morgan fingerprint density at radius 2 is 2.04 bits per heavy atom. The average molecular weight is 374 g/mol. The van der Waals surface area contributed by atoms with E-state index < -0.39 is 0 Å². The molecule has 2 aromatic rings. The van der Waals surface area contributed by atoms with Crippen LogP contribution in [0.15, 0.2) is 18.3 Å². The summed E-state index contributed by atoms with van der Waals surface area (Å²) in [6, 6.07) is 3.97. The second-order valence-corrected chi connectivity index (χ2v) is 8.11. The molecule has 0 unspecified atom stereocenters. The molecule has 0 spiro atoms. The summed E-state index contributed by atoms with van der Waals surface area (Å²) in [5, 5.41) is 4.06. The Morgan fingerprint density at radius 1 is 1.31 bits per heavy atom. The van der Waals surface area contributed by atoms with Gasteiger partial charge in [-0.3, -0.25) is 4.79 Å². The largest absolute Gasteiger partial charge is 0.354 e. The van der Waals surface area contributed by atoms with E-state index in [1.807, 2.05) is 25.3 Å². The number of amides is 1. The number of anilines is 1. The summed E-state index contributed by atoms with van der Waals surface area (Å²) in [6.07, 6.45) is 1.82. The van der Waals surface area contributed by atoms with E-state index in [1.54, 1.807) is 0 Å². The van der Waals surface area contributed by atoms with Crippen molar-refractivity contribution in [1.82, 2.24) is 20.2 Å². The van der Waals surface area contributed by atoms with E-state index in [1.165, 1.54) is 11.3 Å². The summed E-state index contributed by atoms with van der Waals surface area (Å²) in [6.45, 7) is 10.5. The molecule has 1 aliphatic heterocycles. The van der Waals surface area contributed by atoms with Gasteiger partial charge >= 0.3 is 0 Å². The number of carbonyl (C=O) groups excluding carboxylic acids is 1. The van der Waals surface area contributed by atoms with Crippen molar-refractivity contribution in [3.63, 3.8) is 0 Å². The Morgan fingerprint density at radius 3 is 2.69 bits per heavy atom. The fourth-order valence-corrected chi connectivity index (χ4v) is 3.99. The number of hydrogen-bond donors (Lipinski definition) is 1. The second-order valence-electron chi connectivity index (χ2n) is 7.08. The molecule has 0 saturated carbocycles. The van der Waals surface area contributed by atoms with Gasteiger partial charge in [0.2, 0.25) is 0 Å². The number of thiazole rings is 1. The minimum atomic E-state index is -0.0555. The van der Waals surface area contributed by atoms with Crippen LogP contribution in [0.4, 0.5) is 5.82 Å². The summed E-state index contributed by atoms with van der Waals surface area (Å²) in [5.74, 6) is 1.26. The summed E-state index contributed by atoms with van der Waals surface area (Å²) in [5.41, 5.74) is 1.86. The molecule has 6 nitrogen and oxygen atoms in total. The van der Waals surface area contributed by atoms with E-state index in [9.17, 15) is 4.79 Å². The van der Waals surface area contributed by atoms with Gasteiger partial charge in [0.1, 0.15) is 10.7 Å². The first-order valence-electron chi connectivity index (χ1n) is 9.08. The van der Waals surface area contributed by atoms with Gasteiger partial charge in [0.25, 0.3) is 5.91 Å². The number of nitrogens with one attached hydrogen (secondary N) is 1. The van der Waals surface area contributed by atoms with Crippen LogP contribution in [0.5, 0.6) is 0 Å². The first-order chi connectivity index (χ1) is 12.5. The first kappa shape index (κ1) is 18.8. The van der Waals surface area contributed by atoms with Crippen molar-refractivity contribution in [3.8, 4) is 0 Å². The van der Waals surface area contributed by atoms with Crippen LogP contribution >= 0.6 is 11.3 Å². The van der Waals surface area contributed by atoms with Crippen LogP contribution in [0.2, 0.25) is 0 Å². The van der Waals surface area contributed by atoms with Crippen molar-refractivity contribution >= 4 is 23.1 Å². The number of aryl methyl sites for hydroxylation is 1. The van der Waals surface area contributed by atoms with Crippen molar-refractivity contribution in [1.29, 1.82) is 0 Å². The molecule has 0 aliphatic carbocycles. The van der Waals surface area contributed by atoms with Gasteiger partial charge in [-0.1, -0.05) is 19.9 Å². The second kappa shape index (κ2) is 8.14. The Hall–Kier alpha value is -1.99. The maximum absolute atomic E-state index is 12.6. The number of pyridine rings is 1. The summed E-state index contributed by atoms with van der Waals surface area (Å²) < 4.78 is 0. The van der Waals surface area contributed by atoms with Gasteiger partial charge in [-0.2, -0.15) is 0 Å². The minimum absolute atomic E-state index is 0.0555. The van der Waals surface area contributed by atoms with Crippen molar-refractivity contribution in [2.75, 3.05) is 38.1 Å². The highest BCUT2D eigenvalue weighted by Crippen LogP contribution is 2.25. The van der Waals surface area contributed by atoms with Crippen molar-refractivity contribution in [2.24, 2.45) is 0 Å². The topological polar surface area (TPSA) is 61.4 Å². The van der Waals surface area contributed by atoms with Gasteiger partial charge in [0.05, 0.1) is 10.7 Å². The van der Waals surface area contributed by atoms with E-state index in [0.717, 1.165) is 48.3 Å². The molecule has 3 rings (SSSR count). The summed E-state index contributed by atoms with van der Waals surface area (Å²) >= 11 is 1.49. The number of rotatable bonds is 5. The lowest BCUT2D eigenvalue weighted by Crippen LogP contribution is -2.45. The Kier molecular flexibility index (Phi) is 5.88. The number of carbonyl (C=O) groups is 1. The van der Waals surface area contributed by atoms with E-state index in [0.29, 0.717) is 17.3 Å². The van der Waals surface area contributed by atoms with Crippen LogP contribution in [0.1, 0.15) is 45.7 Å². The monoisotopic (exact) mass is 373 g/mol. The number of aromatic nitrogens is 2. The molecule has 3 heterocycles. The molecule has 2 aromatic heterocycles. The summed E-state index contributed by atoms with van der Waals surface area (Å²) in [4.78, 5) is 27.0. The van der Waals surface area contributed by atoms with E-state index >= 15 is 0 Å². The van der Waals surface area contributed by atoms with Crippen molar-refractivity contribution in [2.45, 2.75) is 33.2 Å². The van der Waals surface area contributed by atoms with Gasteiger partial charge in [-0.25, -0.2) is 9.97 Å². The molecule has 0 atom stereocenters. The third-order valence-corrected chi connectivity index (χ3v) is 6.08. The Balaban J connectivity index is 1.69.